The van der Waals surface area contributed by atoms with E-state index in [0.717, 1.165) is 32.6 Å². The maximum absolute atomic E-state index is 12.8. The van der Waals surface area contributed by atoms with Crippen molar-refractivity contribution in [2.75, 3.05) is 45.2 Å². The first kappa shape index (κ1) is 20.2. The predicted molar refractivity (Wildman–Crippen MR) is 116 cm³/mol. The molecule has 4 heteroatoms. The molecule has 1 amide bonds. The number of likely N-dealkylation sites (N-methyl/N-ethyl adjacent to an activating group) is 1. The lowest BCUT2D eigenvalue weighted by Crippen LogP contribution is -3.11. The molecule has 148 valence electrons. The Morgan fingerprint density at radius 1 is 1.07 bits per heavy atom. The van der Waals surface area contributed by atoms with Crippen LogP contribution in [-0.2, 0) is 11.3 Å². The number of nitrogens with zero attached hydrogens (tertiary/aromatic N) is 2. The van der Waals surface area contributed by atoms with Gasteiger partial charge in [-0.05, 0) is 36.6 Å². The van der Waals surface area contributed by atoms with Crippen LogP contribution in [-0.4, -0.2) is 51.1 Å². The Kier molecular flexibility index (Phi) is 6.88. The molecule has 1 aliphatic heterocycles. The highest BCUT2D eigenvalue weighted by Gasteiger charge is 2.22. The number of carbonyl (C=O) groups excluding carboxylic acids is 1. The standard InChI is InChI=1S/C24H31N3O/c1-4-26(18-20-10-12-23(13-11-20)25(2)3)19-24(28)27-16-14-22(15-17-27)21-8-6-5-7-9-21/h5-14H,4,15-19H2,1-3H3/p+1. The molecule has 0 saturated heterocycles. The molecule has 28 heavy (non-hydrogen) atoms. The molecule has 1 atom stereocenters. The van der Waals surface area contributed by atoms with Crippen molar-refractivity contribution >= 4 is 17.2 Å². The summed E-state index contributed by atoms with van der Waals surface area (Å²) >= 11 is 0. The minimum absolute atomic E-state index is 0.255. The van der Waals surface area contributed by atoms with Crippen molar-refractivity contribution in [3.05, 3.63) is 71.8 Å². The lowest BCUT2D eigenvalue weighted by Gasteiger charge is -2.28. The van der Waals surface area contributed by atoms with E-state index in [9.17, 15) is 4.79 Å². The molecule has 1 aliphatic rings. The normalized spacial score (nSPS) is 15.1. The van der Waals surface area contributed by atoms with Gasteiger partial charge in [0.15, 0.2) is 6.54 Å². The van der Waals surface area contributed by atoms with Crippen molar-refractivity contribution in [1.82, 2.24) is 4.90 Å². The van der Waals surface area contributed by atoms with Gasteiger partial charge in [0.25, 0.3) is 5.91 Å². The topological polar surface area (TPSA) is 28.0 Å². The third-order valence-corrected chi connectivity index (χ3v) is 5.51. The summed E-state index contributed by atoms with van der Waals surface area (Å²) in [4.78, 5) is 18.2. The number of benzene rings is 2. The Morgan fingerprint density at radius 3 is 2.36 bits per heavy atom. The first-order valence-electron chi connectivity index (χ1n) is 10.2. The minimum atomic E-state index is 0.255. The number of rotatable bonds is 7. The van der Waals surface area contributed by atoms with E-state index in [1.807, 2.05) is 25.1 Å². The van der Waals surface area contributed by atoms with Gasteiger partial charge in [-0.3, -0.25) is 4.79 Å². The van der Waals surface area contributed by atoms with Gasteiger partial charge >= 0.3 is 0 Å². The molecule has 0 bridgehead atoms. The fourth-order valence-electron chi connectivity index (χ4n) is 3.65. The molecule has 0 saturated carbocycles. The van der Waals surface area contributed by atoms with Gasteiger partial charge in [-0.1, -0.05) is 48.5 Å². The Morgan fingerprint density at radius 2 is 1.79 bits per heavy atom. The van der Waals surface area contributed by atoms with Crippen molar-refractivity contribution < 1.29 is 9.69 Å². The van der Waals surface area contributed by atoms with E-state index in [1.54, 1.807) is 0 Å². The largest absolute Gasteiger partial charge is 0.378 e. The first-order valence-corrected chi connectivity index (χ1v) is 10.2. The maximum Gasteiger partial charge on any atom is 0.278 e. The van der Waals surface area contributed by atoms with Crippen LogP contribution in [0.4, 0.5) is 5.69 Å². The molecule has 1 unspecified atom stereocenters. The Bertz CT molecular complexity index is 796. The number of nitrogens with one attached hydrogen (secondary N) is 1. The van der Waals surface area contributed by atoms with Crippen LogP contribution in [0.3, 0.4) is 0 Å². The number of amides is 1. The molecule has 1 N–H and O–H groups in total. The first-order chi connectivity index (χ1) is 13.6. The molecular formula is C24H32N3O+. The predicted octanol–water partition coefficient (Wildman–Crippen LogP) is 2.47. The van der Waals surface area contributed by atoms with Gasteiger partial charge in [-0.15, -0.1) is 0 Å². The van der Waals surface area contributed by atoms with Crippen LogP contribution in [0.5, 0.6) is 0 Å². The Balaban J connectivity index is 1.55. The van der Waals surface area contributed by atoms with Crippen molar-refractivity contribution in [3.63, 3.8) is 0 Å². The summed E-state index contributed by atoms with van der Waals surface area (Å²) in [5.41, 5.74) is 5.11. The summed E-state index contributed by atoms with van der Waals surface area (Å²) in [6, 6.07) is 19.1. The monoisotopic (exact) mass is 378 g/mol. The molecule has 1 heterocycles. The van der Waals surface area contributed by atoms with Crippen molar-refractivity contribution in [2.24, 2.45) is 0 Å². The number of anilines is 1. The van der Waals surface area contributed by atoms with Gasteiger partial charge < -0.3 is 14.7 Å². The van der Waals surface area contributed by atoms with Crippen LogP contribution in [0.15, 0.2) is 60.7 Å². The smallest absolute Gasteiger partial charge is 0.278 e. The van der Waals surface area contributed by atoms with Crippen LogP contribution in [0.25, 0.3) is 5.57 Å². The van der Waals surface area contributed by atoms with Gasteiger partial charge in [0.2, 0.25) is 0 Å². The summed E-state index contributed by atoms with van der Waals surface area (Å²) in [6.45, 7) is 6.07. The summed E-state index contributed by atoms with van der Waals surface area (Å²) in [5.74, 6) is 0.255. The van der Waals surface area contributed by atoms with E-state index in [2.05, 4.69) is 66.4 Å². The highest BCUT2D eigenvalue weighted by Crippen LogP contribution is 2.21. The fraction of sp³-hybridized carbons (Fsp3) is 0.375. The lowest BCUT2D eigenvalue weighted by atomic mass is 9.99. The molecule has 4 nitrogen and oxygen atoms in total. The summed E-state index contributed by atoms with van der Waals surface area (Å²) < 4.78 is 0. The third kappa shape index (κ3) is 5.23. The van der Waals surface area contributed by atoms with Gasteiger partial charge in [0.05, 0.1) is 6.54 Å². The minimum Gasteiger partial charge on any atom is -0.378 e. The molecule has 0 radical (unpaired) electrons. The van der Waals surface area contributed by atoms with Crippen LogP contribution in [0.1, 0.15) is 24.5 Å². The van der Waals surface area contributed by atoms with Gasteiger partial charge in [0.1, 0.15) is 6.54 Å². The van der Waals surface area contributed by atoms with E-state index in [1.165, 1.54) is 27.3 Å². The molecule has 3 rings (SSSR count). The highest BCUT2D eigenvalue weighted by molar-refractivity contribution is 5.79. The van der Waals surface area contributed by atoms with Crippen LogP contribution in [0, 0.1) is 0 Å². The van der Waals surface area contributed by atoms with E-state index >= 15 is 0 Å². The fourth-order valence-corrected chi connectivity index (χ4v) is 3.65. The number of hydrogen-bond donors (Lipinski definition) is 1. The lowest BCUT2D eigenvalue weighted by molar-refractivity contribution is -0.904. The van der Waals surface area contributed by atoms with Crippen LogP contribution < -0.4 is 9.80 Å². The van der Waals surface area contributed by atoms with E-state index in [-0.39, 0.29) is 5.91 Å². The quantitative estimate of drug-likeness (QED) is 0.802. The van der Waals surface area contributed by atoms with E-state index < -0.39 is 0 Å². The van der Waals surface area contributed by atoms with Crippen LogP contribution in [0.2, 0.25) is 0 Å². The van der Waals surface area contributed by atoms with Gasteiger partial charge in [-0.25, -0.2) is 0 Å². The summed E-state index contributed by atoms with van der Waals surface area (Å²) in [5, 5.41) is 0. The van der Waals surface area contributed by atoms with Gasteiger partial charge in [-0.2, -0.15) is 0 Å². The zero-order chi connectivity index (χ0) is 19.9. The van der Waals surface area contributed by atoms with Crippen molar-refractivity contribution in [3.8, 4) is 0 Å². The molecule has 2 aromatic carbocycles. The SMILES string of the molecule is CC[NH+](CC(=O)N1CC=C(c2ccccc2)CC1)Cc1ccc(N(C)C)cc1. The average molecular weight is 379 g/mol. The molecule has 0 aromatic heterocycles. The molecule has 0 spiro atoms. The van der Waals surface area contributed by atoms with Crippen molar-refractivity contribution in [2.45, 2.75) is 19.9 Å². The average Bonchev–Trinajstić information content (AvgIpc) is 2.74. The number of carbonyl (C=O) groups is 1. The highest BCUT2D eigenvalue weighted by atomic mass is 16.2. The summed E-state index contributed by atoms with van der Waals surface area (Å²) in [7, 11) is 4.10. The zero-order valence-corrected chi connectivity index (χ0v) is 17.3. The second kappa shape index (κ2) is 9.56. The molecule has 0 aliphatic carbocycles. The maximum atomic E-state index is 12.8. The third-order valence-electron chi connectivity index (χ3n) is 5.51. The second-order valence-electron chi connectivity index (χ2n) is 7.70. The van der Waals surface area contributed by atoms with Gasteiger partial charge in [0, 0.05) is 38.4 Å². The molecule has 2 aromatic rings. The molecule has 0 fully saturated rings. The Labute approximate surface area is 169 Å². The zero-order valence-electron chi connectivity index (χ0n) is 17.3. The number of quaternary nitrogens is 1. The second-order valence-corrected chi connectivity index (χ2v) is 7.70. The van der Waals surface area contributed by atoms with Crippen molar-refractivity contribution in [1.29, 1.82) is 0 Å². The number of hydrogen-bond acceptors (Lipinski definition) is 2. The summed E-state index contributed by atoms with van der Waals surface area (Å²) in [6.07, 6.45) is 3.14. The van der Waals surface area contributed by atoms with E-state index in [4.69, 9.17) is 0 Å². The van der Waals surface area contributed by atoms with Crippen LogP contribution >= 0.6 is 0 Å². The Hall–Kier alpha value is -2.59. The molecular weight excluding hydrogens is 346 g/mol. The van der Waals surface area contributed by atoms with E-state index in [0.29, 0.717) is 6.54 Å².